The number of allylic oxidation sites excluding steroid dienone is 1. The average Bonchev–Trinajstić information content (AvgIpc) is 2.89. The zero-order valence-electron chi connectivity index (χ0n) is 18.1. The fourth-order valence-electron chi connectivity index (χ4n) is 4.31. The molecule has 1 aromatic carbocycles. The van der Waals surface area contributed by atoms with Gasteiger partial charge in [0, 0.05) is 17.1 Å². The summed E-state index contributed by atoms with van der Waals surface area (Å²) in [6.45, 7) is 6.62. The zero-order chi connectivity index (χ0) is 22.4. The first-order chi connectivity index (χ1) is 13.0. The van der Waals surface area contributed by atoms with Gasteiger partial charge in [-0.15, -0.1) is 0 Å². The molecule has 2 aliphatic carbocycles. The Morgan fingerprint density at radius 2 is 1.79 bits per heavy atom. The first-order valence-corrected chi connectivity index (χ1v) is 11.1. The van der Waals surface area contributed by atoms with Crippen molar-refractivity contribution in [3.05, 3.63) is 34.4 Å². The molecule has 2 bridgehead atoms. The summed E-state index contributed by atoms with van der Waals surface area (Å²) in [5.41, 5.74) is 2.93. The number of carbonyl (C=O) groups is 1. The first-order valence-electron chi connectivity index (χ1n) is 9.44. The van der Waals surface area contributed by atoms with Crippen LogP contribution in [-0.4, -0.2) is 47.0 Å². The molecule has 0 spiro atoms. The van der Waals surface area contributed by atoms with Crippen LogP contribution in [0.15, 0.2) is 23.8 Å². The minimum atomic E-state index is -4.41. The second-order valence-electron chi connectivity index (χ2n) is 9.37. The van der Waals surface area contributed by atoms with Crippen LogP contribution < -0.4 is 4.48 Å². The van der Waals surface area contributed by atoms with Crippen LogP contribution in [-0.2, 0) is 19.4 Å². The van der Waals surface area contributed by atoms with Crippen LogP contribution >= 0.6 is 11.6 Å². The molecule has 2 aliphatic rings. The van der Waals surface area contributed by atoms with Gasteiger partial charge in [-0.2, -0.15) is 0 Å². The number of carbonyl (C=O) groups excluding carboxylic acids is 1. The molecule has 162 valence electrons. The van der Waals surface area contributed by atoms with E-state index in [1.807, 2.05) is 18.2 Å². The second-order valence-corrected chi connectivity index (χ2v) is 10.9. The summed E-state index contributed by atoms with van der Waals surface area (Å²) in [7, 11) is 2.75. The van der Waals surface area contributed by atoms with Gasteiger partial charge in [-0.3, -0.25) is 13.5 Å². The molecule has 0 radical (unpaired) electrons. The summed E-state index contributed by atoms with van der Waals surface area (Å²) in [5.74, 6) is 0.680. The zero-order valence-corrected chi connectivity index (χ0v) is 19.6. The molecule has 2 unspecified atom stereocenters. The van der Waals surface area contributed by atoms with Gasteiger partial charge in [-0.05, 0) is 47.9 Å². The Morgan fingerprint density at radius 3 is 2.17 bits per heavy atom. The normalized spacial score (nSPS) is 27.1. The number of nitrogens with zero attached hydrogens (tertiary/aromatic N) is 1. The van der Waals surface area contributed by atoms with Crippen molar-refractivity contribution >= 4 is 39.5 Å². The van der Waals surface area contributed by atoms with E-state index >= 15 is 0 Å². The van der Waals surface area contributed by atoms with Crippen molar-refractivity contribution in [3.63, 3.8) is 0 Å². The smallest absolute Gasteiger partial charge is 0.217 e. The molecule has 3 rings (SSSR count). The Bertz CT molecular complexity index is 946. The van der Waals surface area contributed by atoms with Gasteiger partial charge in [0.05, 0.1) is 33.3 Å². The number of hydrogen-bond donors (Lipinski definition) is 0. The number of Topliss-reactive ketones (excluding diaryl/α,β-unsaturated/α-hetero) is 1. The van der Waals surface area contributed by atoms with E-state index in [0.717, 1.165) is 46.3 Å². The van der Waals surface area contributed by atoms with Gasteiger partial charge in [0.2, 0.25) is 10.4 Å². The molecule has 1 aromatic rings. The van der Waals surface area contributed by atoms with Crippen LogP contribution in [0, 0.1) is 16.7 Å². The Morgan fingerprint density at radius 1 is 1.24 bits per heavy atom. The fraction of sp³-hybridized carbons (Fsp3) is 0.571. The minimum absolute atomic E-state index is 0.0463. The van der Waals surface area contributed by atoms with Crippen LogP contribution in [0.25, 0.3) is 6.08 Å². The Kier molecular flexibility index (Phi) is 6.44. The van der Waals surface area contributed by atoms with Crippen LogP contribution in [0.4, 0.5) is 5.69 Å². The molecule has 0 aliphatic heterocycles. The number of rotatable bonds is 3. The van der Waals surface area contributed by atoms with Crippen molar-refractivity contribution in [1.29, 1.82) is 0 Å². The highest BCUT2D eigenvalue weighted by Gasteiger charge is 2.63. The van der Waals surface area contributed by atoms with Crippen LogP contribution in [0.5, 0.6) is 0 Å². The topological polar surface area (TPSA) is 83.5 Å². The maximum absolute atomic E-state index is 12.9. The van der Waals surface area contributed by atoms with Gasteiger partial charge in [0.25, 0.3) is 0 Å². The summed E-state index contributed by atoms with van der Waals surface area (Å²) in [4.78, 5) is 12.9. The highest BCUT2D eigenvalue weighted by molar-refractivity contribution is 7.80. The van der Waals surface area contributed by atoms with Crippen molar-refractivity contribution in [2.24, 2.45) is 16.7 Å². The van der Waals surface area contributed by atoms with Gasteiger partial charge in [-0.25, -0.2) is 8.42 Å². The van der Waals surface area contributed by atoms with Crippen molar-refractivity contribution in [3.8, 4) is 0 Å². The Labute approximate surface area is 179 Å². The van der Waals surface area contributed by atoms with Gasteiger partial charge < -0.3 is 4.55 Å². The lowest BCUT2D eigenvalue weighted by molar-refractivity contribution is -0.125. The van der Waals surface area contributed by atoms with E-state index in [0.29, 0.717) is 11.7 Å². The molecule has 6 nitrogen and oxygen atoms in total. The molecule has 0 saturated heterocycles. The Balaban J connectivity index is 0.000000438. The van der Waals surface area contributed by atoms with E-state index < -0.39 is 10.4 Å². The van der Waals surface area contributed by atoms with Crippen molar-refractivity contribution in [2.75, 3.05) is 28.3 Å². The van der Waals surface area contributed by atoms with E-state index in [-0.39, 0.29) is 10.8 Å². The van der Waals surface area contributed by atoms with Crippen LogP contribution in [0.1, 0.15) is 39.2 Å². The minimum Gasteiger partial charge on any atom is -0.726 e. The molecular formula is C21H30ClNO5S. The maximum atomic E-state index is 12.9. The highest BCUT2D eigenvalue weighted by Crippen LogP contribution is 2.65. The molecule has 8 heteroatoms. The third-order valence-electron chi connectivity index (χ3n) is 6.64. The number of halogens is 1. The van der Waals surface area contributed by atoms with Gasteiger partial charge >= 0.3 is 0 Å². The lowest BCUT2D eigenvalue weighted by Gasteiger charge is -2.31. The van der Waals surface area contributed by atoms with Crippen LogP contribution in [0.3, 0.4) is 0 Å². The summed E-state index contributed by atoms with van der Waals surface area (Å²) >= 11 is 6.50. The number of fused-ring (bicyclic) bond motifs is 2. The summed E-state index contributed by atoms with van der Waals surface area (Å²) < 4.78 is 31.7. The van der Waals surface area contributed by atoms with Crippen LogP contribution in [0.2, 0.25) is 5.02 Å². The second kappa shape index (κ2) is 7.78. The number of hydrogen-bond acceptors (Lipinski definition) is 5. The van der Waals surface area contributed by atoms with E-state index in [4.69, 9.17) is 11.6 Å². The number of quaternary nitrogens is 1. The third-order valence-corrected chi connectivity index (χ3v) is 7.37. The molecule has 0 aromatic heterocycles. The summed E-state index contributed by atoms with van der Waals surface area (Å²) in [5, 5.41) is 0.724. The molecule has 2 fully saturated rings. The standard InChI is InChI=1S/C20H27ClNO.CH4O4S/c1-19(2)16-9-10-20(19,3)18(23)15(16)11-13-7-8-14(12-17(13)21)22(4,5)6;1-5-6(2,3)4/h7-8,11-12,16H,9-10H2,1-6H3;1H3,(H,2,3,4)/q+1;/p-1. The molecule has 2 atom stereocenters. The summed E-state index contributed by atoms with van der Waals surface area (Å²) in [6, 6.07) is 6.16. The third kappa shape index (κ3) is 4.59. The molecule has 0 N–H and O–H groups in total. The Hall–Kier alpha value is -1.25. The predicted molar refractivity (Wildman–Crippen MR) is 115 cm³/mol. The fourth-order valence-corrected chi connectivity index (χ4v) is 4.54. The largest absolute Gasteiger partial charge is 0.726 e. The van der Waals surface area contributed by atoms with Crippen molar-refractivity contribution in [1.82, 2.24) is 4.48 Å². The lowest BCUT2D eigenvalue weighted by atomic mass is 9.70. The molecule has 2 saturated carbocycles. The average molecular weight is 444 g/mol. The quantitative estimate of drug-likeness (QED) is 0.304. The SMILES string of the molecule is CC12CCC(C(=Cc3ccc([N+](C)(C)C)cc3Cl)C1=O)C2(C)C.COS(=O)(=O)[O-]. The van der Waals surface area contributed by atoms with Gasteiger partial charge in [0.1, 0.15) is 5.69 Å². The van der Waals surface area contributed by atoms with E-state index in [1.54, 1.807) is 0 Å². The number of ketones is 1. The van der Waals surface area contributed by atoms with Gasteiger partial charge in [-0.1, -0.05) is 32.4 Å². The first kappa shape index (κ1) is 24.0. The van der Waals surface area contributed by atoms with E-state index in [2.05, 4.69) is 52.2 Å². The molecular weight excluding hydrogens is 414 g/mol. The highest BCUT2D eigenvalue weighted by atomic mass is 35.5. The number of benzene rings is 1. The van der Waals surface area contributed by atoms with Crippen molar-refractivity contribution < 1.29 is 21.9 Å². The van der Waals surface area contributed by atoms with E-state index in [9.17, 15) is 17.8 Å². The molecule has 0 heterocycles. The predicted octanol–water partition coefficient (Wildman–Crippen LogP) is 4.04. The maximum Gasteiger partial charge on any atom is 0.217 e. The molecule has 0 amide bonds. The molecule has 29 heavy (non-hydrogen) atoms. The van der Waals surface area contributed by atoms with Gasteiger partial charge in [0.15, 0.2) is 5.78 Å². The van der Waals surface area contributed by atoms with Crippen molar-refractivity contribution in [2.45, 2.75) is 33.6 Å². The summed E-state index contributed by atoms with van der Waals surface area (Å²) in [6.07, 6.45) is 4.16. The van der Waals surface area contributed by atoms with E-state index in [1.165, 1.54) is 0 Å². The lowest BCUT2D eigenvalue weighted by Crippen LogP contribution is -2.34. The monoisotopic (exact) mass is 443 g/mol.